The summed E-state index contributed by atoms with van der Waals surface area (Å²) in [5, 5.41) is 12.8. The first kappa shape index (κ1) is 22.0. The molecule has 0 aliphatic heterocycles. The third kappa shape index (κ3) is 5.14. The number of hydrogen-bond donors (Lipinski definition) is 2. The highest BCUT2D eigenvalue weighted by Gasteiger charge is 2.15. The first-order valence-electron chi connectivity index (χ1n) is 10.2. The fraction of sp³-hybridized carbons (Fsp3) is 0.273. The number of nitrogen functional groups attached to an aromatic ring is 1. The lowest BCUT2D eigenvalue weighted by Gasteiger charge is -2.11. The minimum atomic E-state index is -0.168. The molecule has 4 rings (SSSR count). The lowest BCUT2D eigenvalue weighted by molar-refractivity contribution is -0.115. The summed E-state index contributed by atoms with van der Waals surface area (Å²) < 4.78 is 12.4. The molecule has 0 saturated carbocycles. The smallest absolute Gasteiger partial charge is 0.230 e. The molecule has 0 fully saturated rings. The quantitative estimate of drug-likeness (QED) is 0.363. The molecule has 2 heterocycles. The van der Waals surface area contributed by atoms with Gasteiger partial charge in [0, 0.05) is 6.07 Å². The Morgan fingerprint density at radius 2 is 1.97 bits per heavy atom. The lowest BCUT2D eigenvalue weighted by atomic mass is 10.1. The third-order valence-electron chi connectivity index (χ3n) is 4.46. The molecule has 0 radical (unpaired) electrons. The van der Waals surface area contributed by atoms with E-state index in [1.165, 1.54) is 22.7 Å². The van der Waals surface area contributed by atoms with Crippen LogP contribution in [0.5, 0.6) is 11.5 Å². The van der Waals surface area contributed by atoms with E-state index >= 15 is 0 Å². The van der Waals surface area contributed by atoms with Gasteiger partial charge in [-0.3, -0.25) is 4.79 Å². The van der Waals surface area contributed by atoms with E-state index in [-0.39, 0.29) is 12.3 Å². The molecule has 1 amide bonds. The van der Waals surface area contributed by atoms with E-state index in [4.69, 9.17) is 15.2 Å². The van der Waals surface area contributed by atoms with Crippen LogP contribution in [0.25, 0.3) is 20.8 Å². The SMILES string of the molecule is CCCOc1cc(OCC)ccc1-c1nnc(NC(=O)Cc2ccc3nc(N)sc3c2)s1. The number of nitrogens with one attached hydrogen (secondary N) is 1. The average molecular weight is 470 g/mol. The van der Waals surface area contributed by atoms with Crippen molar-refractivity contribution in [1.82, 2.24) is 15.2 Å². The van der Waals surface area contributed by atoms with Crippen LogP contribution >= 0.6 is 22.7 Å². The van der Waals surface area contributed by atoms with Gasteiger partial charge >= 0.3 is 0 Å². The maximum atomic E-state index is 12.5. The second kappa shape index (κ2) is 9.92. The molecule has 10 heteroatoms. The van der Waals surface area contributed by atoms with Gasteiger partial charge in [-0.2, -0.15) is 0 Å². The molecule has 0 unspecified atom stereocenters. The number of ether oxygens (including phenoxy) is 2. The summed E-state index contributed by atoms with van der Waals surface area (Å²) in [7, 11) is 0. The molecule has 2 aromatic heterocycles. The molecule has 32 heavy (non-hydrogen) atoms. The molecule has 8 nitrogen and oxygen atoms in total. The number of hydrogen-bond acceptors (Lipinski definition) is 9. The number of carbonyl (C=O) groups excluding carboxylic acids is 1. The molecule has 2 aromatic carbocycles. The summed E-state index contributed by atoms with van der Waals surface area (Å²) in [6.45, 7) is 5.14. The number of nitrogens with zero attached hydrogens (tertiary/aromatic N) is 3. The Kier molecular flexibility index (Phi) is 6.81. The van der Waals surface area contributed by atoms with Crippen LogP contribution in [0.3, 0.4) is 0 Å². The Hall–Kier alpha value is -3.24. The lowest BCUT2D eigenvalue weighted by Crippen LogP contribution is -2.14. The van der Waals surface area contributed by atoms with Gasteiger partial charge in [0.05, 0.1) is 35.4 Å². The fourth-order valence-electron chi connectivity index (χ4n) is 3.10. The van der Waals surface area contributed by atoms with Crippen LogP contribution in [0.1, 0.15) is 25.8 Å². The fourth-order valence-corrected chi connectivity index (χ4v) is 4.68. The molecule has 0 bridgehead atoms. The molecule has 0 saturated heterocycles. The molecule has 166 valence electrons. The van der Waals surface area contributed by atoms with Gasteiger partial charge in [0.1, 0.15) is 11.5 Å². The van der Waals surface area contributed by atoms with Crippen molar-refractivity contribution in [2.24, 2.45) is 0 Å². The number of anilines is 2. The first-order chi connectivity index (χ1) is 15.6. The predicted molar refractivity (Wildman–Crippen MR) is 129 cm³/mol. The number of thiazole rings is 1. The Balaban J connectivity index is 1.47. The summed E-state index contributed by atoms with van der Waals surface area (Å²) in [4.78, 5) is 16.8. The standard InChI is InChI=1S/C22H23N5O3S2/c1-3-9-30-17-12-14(29-4-2)6-7-15(17)20-26-27-22(32-20)25-19(28)11-13-5-8-16-18(10-13)31-21(23)24-16/h5-8,10,12H,3-4,9,11H2,1-2H3,(H2,23,24)(H,25,27,28). The van der Waals surface area contributed by atoms with E-state index in [2.05, 4.69) is 20.5 Å². The Morgan fingerprint density at radius 1 is 1.09 bits per heavy atom. The summed E-state index contributed by atoms with van der Waals surface area (Å²) in [5.74, 6) is 1.25. The van der Waals surface area contributed by atoms with Gasteiger partial charge in [0.15, 0.2) is 10.1 Å². The average Bonchev–Trinajstić information content (AvgIpc) is 3.37. The number of nitrogens with two attached hydrogens (primary N) is 1. The zero-order chi connectivity index (χ0) is 22.5. The van der Waals surface area contributed by atoms with Crippen LogP contribution in [0, 0.1) is 0 Å². The van der Waals surface area contributed by atoms with Crippen molar-refractivity contribution in [3.8, 4) is 22.1 Å². The summed E-state index contributed by atoms with van der Waals surface area (Å²) in [5.41, 5.74) is 8.28. The number of aromatic nitrogens is 3. The second-order valence-electron chi connectivity index (χ2n) is 6.93. The Bertz CT molecular complexity index is 1240. The minimum absolute atomic E-state index is 0.168. The van der Waals surface area contributed by atoms with Crippen LogP contribution in [0.15, 0.2) is 36.4 Å². The first-order valence-corrected chi connectivity index (χ1v) is 11.9. The highest BCUT2D eigenvalue weighted by Crippen LogP contribution is 2.36. The minimum Gasteiger partial charge on any atom is -0.494 e. The van der Waals surface area contributed by atoms with E-state index in [0.29, 0.717) is 34.2 Å². The molecule has 0 atom stereocenters. The monoisotopic (exact) mass is 469 g/mol. The molecule has 0 aliphatic carbocycles. The summed E-state index contributed by atoms with van der Waals surface area (Å²) in [6.07, 6.45) is 1.10. The van der Waals surface area contributed by atoms with Crippen molar-refractivity contribution in [3.05, 3.63) is 42.0 Å². The Morgan fingerprint density at radius 3 is 2.78 bits per heavy atom. The van der Waals surface area contributed by atoms with Gasteiger partial charge in [-0.25, -0.2) is 4.98 Å². The Labute approximate surface area is 193 Å². The van der Waals surface area contributed by atoms with Crippen LogP contribution in [0.2, 0.25) is 0 Å². The maximum Gasteiger partial charge on any atom is 0.230 e. The van der Waals surface area contributed by atoms with E-state index in [1.54, 1.807) is 0 Å². The van der Waals surface area contributed by atoms with Gasteiger partial charge in [0.25, 0.3) is 0 Å². The molecule has 0 spiro atoms. The maximum absolute atomic E-state index is 12.5. The van der Waals surface area contributed by atoms with E-state index < -0.39 is 0 Å². The summed E-state index contributed by atoms with van der Waals surface area (Å²) >= 11 is 2.70. The number of benzene rings is 2. The molecular weight excluding hydrogens is 446 g/mol. The normalized spacial score (nSPS) is 10.9. The van der Waals surface area contributed by atoms with Crippen LogP contribution in [0.4, 0.5) is 10.3 Å². The number of rotatable bonds is 9. The van der Waals surface area contributed by atoms with Crippen molar-refractivity contribution in [2.75, 3.05) is 24.3 Å². The van der Waals surface area contributed by atoms with Crippen molar-refractivity contribution in [2.45, 2.75) is 26.7 Å². The predicted octanol–water partition coefficient (Wildman–Crippen LogP) is 4.77. The van der Waals surface area contributed by atoms with Crippen LogP contribution < -0.4 is 20.5 Å². The van der Waals surface area contributed by atoms with E-state index in [1.807, 2.05) is 50.2 Å². The van der Waals surface area contributed by atoms with Gasteiger partial charge in [-0.1, -0.05) is 35.7 Å². The summed E-state index contributed by atoms with van der Waals surface area (Å²) in [6, 6.07) is 11.3. The van der Waals surface area contributed by atoms with Crippen molar-refractivity contribution in [1.29, 1.82) is 0 Å². The van der Waals surface area contributed by atoms with Crippen LogP contribution in [-0.4, -0.2) is 34.3 Å². The van der Waals surface area contributed by atoms with Crippen molar-refractivity contribution in [3.63, 3.8) is 0 Å². The van der Waals surface area contributed by atoms with Gasteiger partial charge in [0.2, 0.25) is 11.0 Å². The number of carbonyl (C=O) groups is 1. The van der Waals surface area contributed by atoms with Gasteiger partial charge in [-0.15, -0.1) is 10.2 Å². The molecule has 0 aliphatic rings. The van der Waals surface area contributed by atoms with Gasteiger partial charge < -0.3 is 20.5 Å². The van der Waals surface area contributed by atoms with Crippen molar-refractivity contribution < 1.29 is 14.3 Å². The zero-order valence-corrected chi connectivity index (χ0v) is 19.4. The molecular formula is C22H23N5O3S2. The number of amides is 1. The highest BCUT2D eigenvalue weighted by atomic mass is 32.1. The second-order valence-corrected chi connectivity index (χ2v) is 8.97. The van der Waals surface area contributed by atoms with Gasteiger partial charge in [-0.05, 0) is 43.2 Å². The third-order valence-corrected chi connectivity index (χ3v) is 6.18. The zero-order valence-electron chi connectivity index (χ0n) is 17.8. The number of fused-ring (bicyclic) bond motifs is 1. The topological polar surface area (TPSA) is 112 Å². The molecule has 3 N–H and O–H groups in total. The molecule has 4 aromatic rings. The highest BCUT2D eigenvalue weighted by molar-refractivity contribution is 7.22. The van der Waals surface area contributed by atoms with Crippen LogP contribution in [-0.2, 0) is 11.2 Å². The van der Waals surface area contributed by atoms with E-state index in [9.17, 15) is 4.79 Å². The van der Waals surface area contributed by atoms with E-state index in [0.717, 1.165) is 33.5 Å². The van der Waals surface area contributed by atoms with Crippen molar-refractivity contribution >= 4 is 49.1 Å². The largest absolute Gasteiger partial charge is 0.494 e.